The fourth-order valence-electron chi connectivity index (χ4n) is 2.40. The molecule has 0 aliphatic carbocycles. The molecule has 0 saturated heterocycles. The van der Waals surface area contributed by atoms with Crippen LogP contribution in [0.25, 0.3) is 21.8 Å². The first-order valence-corrected chi connectivity index (χ1v) is 6.42. The summed E-state index contributed by atoms with van der Waals surface area (Å²) in [7, 11) is 0. The number of hydrogen-bond acceptors (Lipinski definition) is 2. The lowest BCUT2D eigenvalue weighted by molar-refractivity contribution is 1.07. The minimum Gasteiger partial charge on any atom is -0.256 e. The van der Waals surface area contributed by atoms with E-state index in [1.165, 1.54) is 0 Å². The van der Waals surface area contributed by atoms with Gasteiger partial charge in [-0.3, -0.25) is 9.97 Å². The standard InChI is InChI=1S/C15H13ClN2/c1-3-10-9(2)18-15-11-5-4-8-17-13(11)7-6-12(15)14(10)16/h4-8H,3H2,1-2H3. The number of pyridine rings is 2. The monoisotopic (exact) mass is 256 g/mol. The first-order chi connectivity index (χ1) is 8.72. The molecule has 0 atom stereocenters. The average Bonchev–Trinajstić information content (AvgIpc) is 2.39. The van der Waals surface area contributed by atoms with Gasteiger partial charge in [-0.25, -0.2) is 0 Å². The van der Waals surface area contributed by atoms with E-state index >= 15 is 0 Å². The highest BCUT2D eigenvalue weighted by Gasteiger charge is 2.11. The van der Waals surface area contributed by atoms with Crippen LogP contribution in [0.3, 0.4) is 0 Å². The zero-order chi connectivity index (χ0) is 12.7. The fraction of sp³-hybridized carbons (Fsp3) is 0.200. The maximum absolute atomic E-state index is 6.49. The van der Waals surface area contributed by atoms with Crippen molar-refractivity contribution in [2.45, 2.75) is 20.3 Å². The molecule has 1 aromatic carbocycles. The number of aryl methyl sites for hydroxylation is 1. The molecule has 0 bridgehead atoms. The van der Waals surface area contributed by atoms with E-state index in [2.05, 4.69) is 11.9 Å². The summed E-state index contributed by atoms with van der Waals surface area (Å²) >= 11 is 6.49. The van der Waals surface area contributed by atoms with Gasteiger partial charge in [0.25, 0.3) is 0 Å². The van der Waals surface area contributed by atoms with Crippen molar-refractivity contribution >= 4 is 33.4 Å². The van der Waals surface area contributed by atoms with Crippen molar-refractivity contribution in [1.29, 1.82) is 0 Å². The van der Waals surface area contributed by atoms with Crippen molar-refractivity contribution in [3.8, 4) is 0 Å². The second-order valence-electron chi connectivity index (χ2n) is 4.38. The summed E-state index contributed by atoms with van der Waals surface area (Å²) in [5.41, 5.74) is 4.04. The number of benzene rings is 1. The van der Waals surface area contributed by atoms with Crippen LogP contribution in [0.15, 0.2) is 30.5 Å². The molecule has 3 aromatic rings. The molecule has 0 fully saturated rings. The summed E-state index contributed by atoms with van der Waals surface area (Å²) in [6, 6.07) is 7.98. The summed E-state index contributed by atoms with van der Waals surface area (Å²) in [5.74, 6) is 0. The molecular formula is C15H13ClN2. The summed E-state index contributed by atoms with van der Waals surface area (Å²) < 4.78 is 0. The molecular weight excluding hydrogens is 244 g/mol. The molecule has 2 nitrogen and oxygen atoms in total. The molecule has 2 heterocycles. The molecule has 0 radical (unpaired) electrons. The van der Waals surface area contributed by atoms with Crippen LogP contribution in [-0.4, -0.2) is 9.97 Å². The van der Waals surface area contributed by atoms with Crippen LogP contribution in [0.5, 0.6) is 0 Å². The van der Waals surface area contributed by atoms with Gasteiger partial charge in [0.2, 0.25) is 0 Å². The lowest BCUT2D eigenvalue weighted by Crippen LogP contribution is -1.95. The number of rotatable bonds is 1. The average molecular weight is 257 g/mol. The quantitative estimate of drug-likeness (QED) is 0.607. The Bertz CT molecular complexity index is 750. The van der Waals surface area contributed by atoms with Gasteiger partial charge in [0.15, 0.2) is 0 Å². The Balaban J connectivity index is 2.53. The van der Waals surface area contributed by atoms with E-state index in [4.69, 9.17) is 16.6 Å². The summed E-state index contributed by atoms with van der Waals surface area (Å²) in [5, 5.41) is 2.90. The van der Waals surface area contributed by atoms with E-state index in [1.54, 1.807) is 6.20 Å². The van der Waals surface area contributed by atoms with Gasteiger partial charge < -0.3 is 0 Å². The van der Waals surface area contributed by atoms with Crippen molar-refractivity contribution in [2.75, 3.05) is 0 Å². The van der Waals surface area contributed by atoms with E-state index in [0.717, 1.165) is 44.5 Å². The SMILES string of the molecule is CCc1c(C)nc2c(ccc3ncccc32)c1Cl. The van der Waals surface area contributed by atoms with Gasteiger partial charge in [-0.2, -0.15) is 0 Å². The maximum atomic E-state index is 6.49. The molecule has 0 saturated carbocycles. The van der Waals surface area contributed by atoms with Gasteiger partial charge in [0, 0.05) is 22.7 Å². The van der Waals surface area contributed by atoms with E-state index in [1.807, 2.05) is 31.2 Å². The van der Waals surface area contributed by atoms with Crippen LogP contribution in [-0.2, 0) is 6.42 Å². The Kier molecular flexibility index (Phi) is 2.67. The van der Waals surface area contributed by atoms with Crippen LogP contribution >= 0.6 is 11.6 Å². The van der Waals surface area contributed by atoms with Crippen LogP contribution in [0.1, 0.15) is 18.2 Å². The Morgan fingerprint density at radius 1 is 1.17 bits per heavy atom. The molecule has 2 aromatic heterocycles. The Labute approximate surface area is 111 Å². The second kappa shape index (κ2) is 4.21. The van der Waals surface area contributed by atoms with Gasteiger partial charge in [-0.1, -0.05) is 18.5 Å². The van der Waals surface area contributed by atoms with Crippen LogP contribution < -0.4 is 0 Å². The highest BCUT2D eigenvalue weighted by atomic mass is 35.5. The second-order valence-corrected chi connectivity index (χ2v) is 4.75. The number of nitrogens with zero attached hydrogens (tertiary/aromatic N) is 2. The molecule has 0 N–H and O–H groups in total. The molecule has 3 rings (SSSR count). The van der Waals surface area contributed by atoms with Crippen molar-refractivity contribution in [3.05, 3.63) is 46.7 Å². The molecule has 0 aliphatic heterocycles. The third-order valence-electron chi connectivity index (χ3n) is 3.33. The number of fused-ring (bicyclic) bond motifs is 3. The molecule has 3 heteroatoms. The van der Waals surface area contributed by atoms with E-state index < -0.39 is 0 Å². The lowest BCUT2D eigenvalue weighted by atomic mass is 10.0. The van der Waals surface area contributed by atoms with Crippen molar-refractivity contribution in [2.24, 2.45) is 0 Å². The third kappa shape index (κ3) is 1.57. The first kappa shape index (κ1) is 11.4. The summed E-state index contributed by atoms with van der Waals surface area (Å²) in [6.07, 6.45) is 2.70. The maximum Gasteiger partial charge on any atom is 0.0814 e. The molecule has 0 unspecified atom stereocenters. The minimum absolute atomic E-state index is 0.825. The number of hydrogen-bond donors (Lipinski definition) is 0. The Morgan fingerprint density at radius 2 is 2.00 bits per heavy atom. The van der Waals surface area contributed by atoms with Gasteiger partial charge in [-0.05, 0) is 43.2 Å². The highest BCUT2D eigenvalue weighted by molar-refractivity contribution is 6.37. The Morgan fingerprint density at radius 3 is 2.78 bits per heavy atom. The van der Waals surface area contributed by atoms with Crippen molar-refractivity contribution in [1.82, 2.24) is 9.97 Å². The predicted molar refractivity (Wildman–Crippen MR) is 76.2 cm³/mol. The van der Waals surface area contributed by atoms with Crippen molar-refractivity contribution in [3.63, 3.8) is 0 Å². The largest absolute Gasteiger partial charge is 0.256 e. The highest BCUT2D eigenvalue weighted by Crippen LogP contribution is 2.32. The van der Waals surface area contributed by atoms with Gasteiger partial charge in [0.05, 0.1) is 16.1 Å². The summed E-state index contributed by atoms with van der Waals surface area (Å²) in [6.45, 7) is 4.11. The topological polar surface area (TPSA) is 25.8 Å². The van der Waals surface area contributed by atoms with E-state index in [0.29, 0.717) is 0 Å². The minimum atomic E-state index is 0.825. The van der Waals surface area contributed by atoms with Crippen molar-refractivity contribution < 1.29 is 0 Å². The Hall–Kier alpha value is -1.67. The number of halogens is 1. The van der Waals surface area contributed by atoms with Gasteiger partial charge >= 0.3 is 0 Å². The zero-order valence-electron chi connectivity index (χ0n) is 10.4. The smallest absolute Gasteiger partial charge is 0.0814 e. The van der Waals surface area contributed by atoms with E-state index in [-0.39, 0.29) is 0 Å². The van der Waals surface area contributed by atoms with Gasteiger partial charge in [0.1, 0.15) is 0 Å². The molecule has 0 amide bonds. The third-order valence-corrected chi connectivity index (χ3v) is 3.76. The lowest BCUT2D eigenvalue weighted by Gasteiger charge is -2.10. The zero-order valence-corrected chi connectivity index (χ0v) is 11.1. The summed E-state index contributed by atoms with van der Waals surface area (Å²) in [4.78, 5) is 9.06. The van der Waals surface area contributed by atoms with E-state index in [9.17, 15) is 0 Å². The number of aromatic nitrogens is 2. The molecule has 0 aliphatic rings. The molecule has 90 valence electrons. The fourth-order valence-corrected chi connectivity index (χ4v) is 2.82. The normalized spacial score (nSPS) is 11.3. The van der Waals surface area contributed by atoms with Crippen LogP contribution in [0.2, 0.25) is 5.02 Å². The van der Waals surface area contributed by atoms with Crippen LogP contribution in [0, 0.1) is 6.92 Å². The molecule has 0 spiro atoms. The first-order valence-electron chi connectivity index (χ1n) is 6.04. The predicted octanol–water partition coefficient (Wildman–Crippen LogP) is 4.31. The molecule has 18 heavy (non-hydrogen) atoms. The van der Waals surface area contributed by atoms with Gasteiger partial charge in [-0.15, -0.1) is 0 Å². The van der Waals surface area contributed by atoms with Crippen LogP contribution in [0.4, 0.5) is 0 Å².